The van der Waals surface area contributed by atoms with Crippen LogP contribution in [0, 0.1) is 0 Å². The molecule has 2 rings (SSSR count). The van der Waals surface area contributed by atoms with E-state index in [0.29, 0.717) is 23.1 Å². The van der Waals surface area contributed by atoms with Crippen molar-refractivity contribution in [3.05, 3.63) is 30.0 Å². The number of esters is 1. The van der Waals surface area contributed by atoms with Crippen molar-refractivity contribution in [1.82, 2.24) is 4.98 Å². The van der Waals surface area contributed by atoms with Gasteiger partial charge in [-0.2, -0.15) is 0 Å². The Labute approximate surface area is 129 Å². The van der Waals surface area contributed by atoms with Crippen LogP contribution in [0.5, 0.6) is 5.75 Å². The van der Waals surface area contributed by atoms with Gasteiger partial charge in [-0.1, -0.05) is 0 Å². The molecule has 118 valence electrons. The molecule has 1 aromatic heterocycles. The number of fused-ring (bicyclic) bond motifs is 1. The minimum absolute atomic E-state index is 0.00265. The highest BCUT2D eigenvalue weighted by atomic mass is 32.2. The number of sulfone groups is 1. The smallest absolute Gasteiger partial charge is 0.338 e. The zero-order valence-corrected chi connectivity index (χ0v) is 13.4. The van der Waals surface area contributed by atoms with Gasteiger partial charge in [0.25, 0.3) is 0 Å². The summed E-state index contributed by atoms with van der Waals surface area (Å²) in [6.45, 7) is 4.03. The molecule has 0 amide bonds. The van der Waals surface area contributed by atoms with Gasteiger partial charge in [0.05, 0.1) is 30.5 Å². The molecule has 0 saturated heterocycles. The van der Waals surface area contributed by atoms with Crippen LogP contribution in [-0.4, -0.2) is 38.8 Å². The van der Waals surface area contributed by atoms with Gasteiger partial charge in [-0.3, -0.25) is 4.98 Å². The Hall–Kier alpha value is -2.15. The average molecular weight is 323 g/mol. The third kappa shape index (κ3) is 3.19. The van der Waals surface area contributed by atoms with Gasteiger partial charge in [-0.15, -0.1) is 0 Å². The van der Waals surface area contributed by atoms with E-state index in [1.54, 1.807) is 32.0 Å². The number of aromatic nitrogens is 1. The number of carbonyl (C=O) groups is 1. The molecule has 0 N–H and O–H groups in total. The Morgan fingerprint density at radius 1 is 1.23 bits per heavy atom. The average Bonchev–Trinajstić information content (AvgIpc) is 2.46. The van der Waals surface area contributed by atoms with E-state index in [2.05, 4.69) is 4.98 Å². The predicted octanol–water partition coefficient (Wildman–Crippen LogP) is 2.21. The molecule has 0 bridgehead atoms. The predicted molar refractivity (Wildman–Crippen MR) is 82.0 cm³/mol. The van der Waals surface area contributed by atoms with Crippen molar-refractivity contribution < 1.29 is 22.7 Å². The van der Waals surface area contributed by atoms with Crippen LogP contribution in [0.2, 0.25) is 0 Å². The van der Waals surface area contributed by atoms with Crippen molar-refractivity contribution in [3.63, 3.8) is 0 Å². The molecule has 0 spiro atoms. The lowest BCUT2D eigenvalue weighted by Crippen LogP contribution is -2.07. The standard InChI is InChI=1S/C15H17NO5S/c1-4-20-14-11-8-10(15(17)21-5-2)6-7-12(11)16-9-13(14)22(3,18)19/h6-9H,4-5H2,1-3H3. The second-order valence-corrected chi connectivity index (χ2v) is 6.59. The van der Waals surface area contributed by atoms with Gasteiger partial charge in [-0.05, 0) is 32.0 Å². The molecule has 2 aromatic rings. The van der Waals surface area contributed by atoms with Gasteiger partial charge >= 0.3 is 5.97 Å². The first kappa shape index (κ1) is 16.2. The van der Waals surface area contributed by atoms with Gasteiger partial charge in [0.1, 0.15) is 10.6 Å². The summed E-state index contributed by atoms with van der Waals surface area (Å²) in [6, 6.07) is 4.76. The summed E-state index contributed by atoms with van der Waals surface area (Å²) in [4.78, 5) is 16.0. The number of ether oxygens (including phenoxy) is 2. The fraction of sp³-hybridized carbons (Fsp3) is 0.333. The molecule has 0 unspecified atom stereocenters. The monoisotopic (exact) mass is 323 g/mol. The maximum absolute atomic E-state index is 11.9. The Kier molecular flexibility index (Phi) is 4.65. The van der Waals surface area contributed by atoms with Crippen LogP contribution in [-0.2, 0) is 14.6 Å². The minimum Gasteiger partial charge on any atom is -0.492 e. The van der Waals surface area contributed by atoms with E-state index in [-0.39, 0.29) is 17.3 Å². The fourth-order valence-corrected chi connectivity index (χ4v) is 2.80. The minimum atomic E-state index is -3.49. The highest BCUT2D eigenvalue weighted by Gasteiger charge is 2.19. The number of benzene rings is 1. The van der Waals surface area contributed by atoms with E-state index in [1.807, 2.05) is 0 Å². The first-order valence-electron chi connectivity index (χ1n) is 6.81. The molecule has 0 aliphatic rings. The zero-order valence-electron chi connectivity index (χ0n) is 12.6. The lowest BCUT2D eigenvalue weighted by atomic mass is 10.1. The molecule has 0 aliphatic heterocycles. The highest BCUT2D eigenvalue weighted by Crippen LogP contribution is 2.32. The molecule has 7 heteroatoms. The lowest BCUT2D eigenvalue weighted by molar-refractivity contribution is 0.0526. The molecular formula is C15H17NO5S. The zero-order chi connectivity index (χ0) is 16.3. The van der Waals surface area contributed by atoms with Crippen molar-refractivity contribution >= 4 is 26.7 Å². The molecule has 1 heterocycles. The summed E-state index contributed by atoms with van der Waals surface area (Å²) >= 11 is 0. The summed E-state index contributed by atoms with van der Waals surface area (Å²) in [5.41, 5.74) is 0.867. The number of pyridine rings is 1. The molecule has 1 aromatic carbocycles. The summed E-state index contributed by atoms with van der Waals surface area (Å²) in [5, 5.41) is 0.468. The fourth-order valence-electron chi connectivity index (χ4n) is 2.05. The first-order valence-corrected chi connectivity index (χ1v) is 8.70. The number of carbonyl (C=O) groups excluding carboxylic acids is 1. The van der Waals surface area contributed by atoms with E-state index in [9.17, 15) is 13.2 Å². The van der Waals surface area contributed by atoms with Crippen LogP contribution in [0.3, 0.4) is 0 Å². The Balaban J connectivity index is 2.72. The van der Waals surface area contributed by atoms with Crippen LogP contribution in [0.4, 0.5) is 0 Å². The van der Waals surface area contributed by atoms with Crippen molar-refractivity contribution in [2.75, 3.05) is 19.5 Å². The molecule has 0 aliphatic carbocycles. The summed E-state index contributed by atoms with van der Waals surface area (Å²) < 4.78 is 34.2. The van der Waals surface area contributed by atoms with E-state index in [0.717, 1.165) is 6.26 Å². The second-order valence-electron chi connectivity index (χ2n) is 4.61. The number of nitrogens with zero attached hydrogens (tertiary/aromatic N) is 1. The van der Waals surface area contributed by atoms with E-state index in [1.165, 1.54) is 6.20 Å². The molecular weight excluding hydrogens is 306 g/mol. The second kappa shape index (κ2) is 6.31. The third-order valence-corrected chi connectivity index (χ3v) is 4.07. The van der Waals surface area contributed by atoms with Crippen molar-refractivity contribution in [3.8, 4) is 5.75 Å². The van der Waals surface area contributed by atoms with Crippen LogP contribution < -0.4 is 4.74 Å². The topological polar surface area (TPSA) is 82.6 Å². The summed E-state index contributed by atoms with van der Waals surface area (Å²) in [6.07, 6.45) is 2.36. The SMILES string of the molecule is CCOC(=O)c1ccc2ncc(S(C)(=O)=O)c(OCC)c2c1. The molecule has 22 heavy (non-hydrogen) atoms. The van der Waals surface area contributed by atoms with Gasteiger partial charge in [0, 0.05) is 11.6 Å². The van der Waals surface area contributed by atoms with Gasteiger partial charge in [-0.25, -0.2) is 13.2 Å². The van der Waals surface area contributed by atoms with E-state index in [4.69, 9.17) is 9.47 Å². The lowest BCUT2D eigenvalue weighted by Gasteiger charge is -2.12. The maximum atomic E-state index is 11.9. The summed E-state index contributed by atoms with van der Waals surface area (Å²) in [7, 11) is -3.49. The quantitative estimate of drug-likeness (QED) is 0.785. The van der Waals surface area contributed by atoms with Gasteiger partial charge in [0.15, 0.2) is 9.84 Å². The third-order valence-electron chi connectivity index (χ3n) is 2.99. The molecule has 6 nitrogen and oxygen atoms in total. The van der Waals surface area contributed by atoms with Crippen molar-refractivity contribution in [2.24, 2.45) is 0 Å². The Morgan fingerprint density at radius 2 is 1.95 bits per heavy atom. The summed E-state index contributed by atoms with van der Waals surface area (Å²) in [5.74, 6) is -0.266. The number of hydrogen-bond donors (Lipinski definition) is 0. The van der Waals surface area contributed by atoms with Gasteiger partial charge in [0.2, 0.25) is 0 Å². The molecule has 0 atom stereocenters. The molecule has 0 fully saturated rings. The molecule has 0 saturated carbocycles. The number of rotatable bonds is 5. The Bertz CT molecular complexity index is 814. The number of hydrogen-bond acceptors (Lipinski definition) is 6. The van der Waals surface area contributed by atoms with Gasteiger partial charge < -0.3 is 9.47 Å². The maximum Gasteiger partial charge on any atom is 0.338 e. The largest absolute Gasteiger partial charge is 0.492 e. The van der Waals surface area contributed by atoms with E-state index < -0.39 is 15.8 Å². The van der Waals surface area contributed by atoms with E-state index >= 15 is 0 Å². The normalized spacial score (nSPS) is 11.4. The van der Waals surface area contributed by atoms with Crippen LogP contribution in [0.15, 0.2) is 29.3 Å². The highest BCUT2D eigenvalue weighted by molar-refractivity contribution is 7.90. The van der Waals surface area contributed by atoms with Crippen molar-refractivity contribution in [2.45, 2.75) is 18.7 Å². The molecule has 0 radical (unpaired) electrons. The van der Waals surface area contributed by atoms with Crippen LogP contribution >= 0.6 is 0 Å². The van der Waals surface area contributed by atoms with Crippen LogP contribution in [0.25, 0.3) is 10.9 Å². The van der Waals surface area contributed by atoms with Crippen LogP contribution in [0.1, 0.15) is 24.2 Å². The first-order chi connectivity index (χ1) is 10.4. The Morgan fingerprint density at radius 3 is 2.55 bits per heavy atom. The van der Waals surface area contributed by atoms with Crippen molar-refractivity contribution in [1.29, 1.82) is 0 Å².